The van der Waals surface area contributed by atoms with Gasteiger partial charge in [0.2, 0.25) is 0 Å². The first-order valence-electron chi connectivity index (χ1n) is 7.81. The summed E-state index contributed by atoms with van der Waals surface area (Å²) in [4.78, 5) is 23.7. The molecule has 1 aromatic rings. The first-order valence-corrected chi connectivity index (χ1v) is 8.60. The van der Waals surface area contributed by atoms with Gasteiger partial charge in [-0.25, -0.2) is 0 Å². The number of benzene rings is 1. The summed E-state index contributed by atoms with van der Waals surface area (Å²) in [5, 5.41) is 2.71. The summed E-state index contributed by atoms with van der Waals surface area (Å²) < 4.78 is 6.00. The van der Waals surface area contributed by atoms with Crippen LogP contribution in [-0.4, -0.2) is 18.5 Å². The lowest BCUT2D eigenvalue weighted by Crippen LogP contribution is -2.23. The fraction of sp³-hybridized carbons (Fsp3) is 0.529. The minimum absolute atomic E-state index is 0.216. The molecule has 2 saturated carbocycles. The van der Waals surface area contributed by atoms with E-state index in [-0.39, 0.29) is 18.5 Å². The van der Waals surface area contributed by atoms with E-state index in [0.29, 0.717) is 23.9 Å². The third kappa shape index (κ3) is 3.88. The molecule has 0 spiro atoms. The van der Waals surface area contributed by atoms with Crippen LogP contribution in [0.4, 0.5) is 5.69 Å². The zero-order chi connectivity index (χ0) is 15.5. The van der Waals surface area contributed by atoms with Gasteiger partial charge in [0.15, 0.2) is 6.61 Å². The Labute approximate surface area is 138 Å². The van der Waals surface area contributed by atoms with Gasteiger partial charge in [-0.3, -0.25) is 9.59 Å². The van der Waals surface area contributed by atoms with E-state index >= 15 is 0 Å². The second-order valence-electron chi connectivity index (χ2n) is 6.36. The standard InChI is InChI=1S/C17H20BrNO3/c18-14-2-1-3-15(9-14)19-16(20)10-22-17(21)8-13-7-11-4-5-12(13)6-11/h1-3,9,11-13H,4-8,10H2,(H,19,20)/t11-,12-,13-/m1/s1. The Kier molecular flexibility index (Phi) is 4.81. The van der Waals surface area contributed by atoms with E-state index in [2.05, 4.69) is 21.2 Å². The van der Waals surface area contributed by atoms with Crippen molar-refractivity contribution >= 4 is 33.5 Å². The summed E-state index contributed by atoms with van der Waals surface area (Å²) in [7, 11) is 0. The minimum Gasteiger partial charge on any atom is -0.456 e. The number of carbonyl (C=O) groups excluding carboxylic acids is 2. The maximum absolute atomic E-state index is 11.9. The molecule has 0 saturated heterocycles. The van der Waals surface area contributed by atoms with Crippen LogP contribution in [-0.2, 0) is 14.3 Å². The molecule has 0 radical (unpaired) electrons. The van der Waals surface area contributed by atoms with Crippen LogP contribution in [0.1, 0.15) is 32.1 Å². The van der Waals surface area contributed by atoms with Gasteiger partial charge < -0.3 is 10.1 Å². The zero-order valence-corrected chi connectivity index (χ0v) is 14.0. The van der Waals surface area contributed by atoms with Gasteiger partial charge in [0.1, 0.15) is 0 Å². The fourth-order valence-electron chi connectivity index (χ4n) is 3.81. The normalized spacial score (nSPS) is 26.0. The lowest BCUT2D eigenvalue weighted by molar-refractivity contribution is -0.148. The Morgan fingerprint density at radius 3 is 2.82 bits per heavy atom. The minimum atomic E-state index is -0.306. The molecule has 1 amide bonds. The van der Waals surface area contributed by atoms with Gasteiger partial charge in [0, 0.05) is 16.6 Å². The molecule has 0 heterocycles. The molecule has 1 aromatic carbocycles. The van der Waals surface area contributed by atoms with Crippen LogP contribution in [0, 0.1) is 17.8 Å². The highest BCUT2D eigenvalue weighted by molar-refractivity contribution is 9.10. The number of fused-ring (bicyclic) bond motifs is 2. The quantitative estimate of drug-likeness (QED) is 0.808. The molecule has 4 nitrogen and oxygen atoms in total. The predicted molar refractivity (Wildman–Crippen MR) is 87.3 cm³/mol. The summed E-state index contributed by atoms with van der Waals surface area (Å²) in [5.74, 6) is 1.44. The molecule has 2 bridgehead atoms. The second kappa shape index (κ2) is 6.82. The molecular weight excluding hydrogens is 346 g/mol. The molecule has 2 fully saturated rings. The van der Waals surface area contributed by atoms with E-state index in [9.17, 15) is 9.59 Å². The maximum Gasteiger partial charge on any atom is 0.306 e. The van der Waals surface area contributed by atoms with Crippen molar-refractivity contribution in [1.82, 2.24) is 0 Å². The largest absolute Gasteiger partial charge is 0.456 e. The summed E-state index contributed by atoms with van der Waals surface area (Å²) in [5.41, 5.74) is 0.684. The van der Waals surface area contributed by atoms with Gasteiger partial charge in [-0.1, -0.05) is 28.4 Å². The molecule has 2 aliphatic carbocycles. The van der Waals surface area contributed by atoms with Gasteiger partial charge in [-0.05, 0) is 55.2 Å². The molecule has 3 atom stereocenters. The highest BCUT2D eigenvalue weighted by Crippen LogP contribution is 2.49. The van der Waals surface area contributed by atoms with Gasteiger partial charge in [0.05, 0.1) is 0 Å². The van der Waals surface area contributed by atoms with E-state index in [1.54, 1.807) is 12.1 Å². The molecular formula is C17H20BrNO3. The Balaban J connectivity index is 1.40. The molecule has 0 aromatic heterocycles. The number of anilines is 1. The Bertz CT molecular complexity index is 575. The second-order valence-corrected chi connectivity index (χ2v) is 7.27. The average molecular weight is 366 g/mol. The molecule has 0 aliphatic heterocycles. The van der Waals surface area contributed by atoms with Crippen LogP contribution in [0.15, 0.2) is 28.7 Å². The number of carbonyl (C=O) groups is 2. The number of halogens is 1. The van der Waals surface area contributed by atoms with Crippen LogP contribution in [0.3, 0.4) is 0 Å². The van der Waals surface area contributed by atoms with E-state index in [0.717, 1.165) is 16.8 Å². The molecule has 22 heavy (non-hydrogen) atoms. The number of nitrogens with one attached hydrogen (secondary N) is 1. The highest BCUT2D eigenvalue weighted by atomic mass is 79.9. The average Bonchev–Trinajstić information content (AvgIpc) is 3.08. The van der Waals surface area contributed by atoms with Crippen molar-refractivity contribution in [3.05, 3.63) is 28.7 Å². The molecule has 118 valence electrons. The maximum atomic E-state index is 11.9. The Morgan fingerprint density at radius 1 is 1.27 bits per heavy atom. The molecule has 2 aliphatic rings. The third-order valence-corrected chi connectivity index (χ3v) is 5.28. The number of ether oxygens (including phenoxy) is 1. The first kappa shape index (κ1) is 15.5. The van der Waals surface area contributed by atoms with Crippen LogP contribution in [0.5, 0.6) is 0 Å². The number of esters is 1. The lowest BCUT2D eigenvalue weighted by atomic mass is 9.86. The molecule has 0 unspecified atom stereocenters. The van der Waals surface area contributed by atoms with Gasteiger partial charge >= 0.3 is 5.97 Å². The van der Waals surface area contributed by atoms with Crippen LogP contribution < -0.4 is 5.32 Å². The van der Waals surface area contributed by atoms with Crippen molar-refractivity contribution in [3.8, 4) is 0 Å². The summed E-state index contributed by atoms with van der Waals surface area (Å²) in [6.45, 7) is -0.216. The Morgan fingerprint density at radius 2 is 2.14 bits per heavy atom. The smallest absolute Gasteiger partial charge is 0.306 e. The van der Waals surface area contributed by atoms with Crippen molar-refractivity contribution in [2.45, 2.75) is 32.1 Å². The number of amides is 1. The monoisotopic (exact) mass is 365 g/mol. The lowest BCUT2D eigenvalue weighted by Gasteiger charge is -2.20. The zero-order valence-electron chi connectivity index (χ0n) is 12.4. The predicted octanol–water partition coefficient (Wildman–Crippen LogP) is 3.76. The number of rotatable bonds is 5. The van der Waals surface area contributed by atoms with Crippen LogP contribution >= 0.6 is 15.9 Å². The number of hydrogen-bond donors (Lipinski definition) is 1. The topological polar surface area (TPSA) is 55.4 Å². The van der Waals surface area contributed by atoms with Crippen molar-refractivity contribution in [1.29, 1.82) is 0 Å². The van der Waals surface area contributed by atoms with Gasteiger partial charge in [0.25, 0.3) is 5.91 Å². The molecule has 3 rings (SSSR count). The van der Waals surface area contributed by atoms with E-state index < -0.39 is 0 Å². The fourth-order valence-corrected chi connectivity index (χ4v) is 4.21. The van der Waals surface area contributed by atoms with Crippen molar-refractivity contribution in [2.75, 3.05) is 11.9 Å². The van der Waals surface area contributed by atoms with Gasteiger partial charge in [-0.15, -0.1) is 0 Å². The van der Waals surface area contributed by atoms with E-state index in [1.165, 1.54) is 19.3 Å². The molecule has 1 N–H and O–H groups in total. The van der Waals surface area contributed by atoms with E-state index in [4.69, 9.17) is 4.74 Å². The summed E-state index contributed by atoms with van der Waals surface area (Å²) in [6, 6.07) is 7.31. The molecule has 5 heteroatoms. The summed E-state index contributed by atoms with van der Waals surface area (Å²) in [6.07, 6.45) is 5.48. The van der Waals surface area contributed by atoms with Crippen LogP contribution in [0.25, 0.3) is 0 Å². The highest BCUT2D eigenvalue weighted by Gasteiger charge is 2.40. The van der Waals surface area contributed by atoms with E-state index in [1.807, 2.05) is 12.1 Å². The van der Waals surface area contributed by atoms with Crippen LogP contribution in [0.2, 0.25) is 0 Å². The van der Waals surface area contributed by atoms with Gasteiger partial charge in [-0.2, -0.15) is 0 Å². The van der Waals surface area contributed by atoms with Crippen molar-refractivity contribution < 1.29 is 14.3 Å². The Hall–Kier alpha value is -1.36. The first-order chi connectivity index (χ1) is 10.6. The SMILES string of the molecule is O=C(COC(=O)C[C@H]1C[C@@H]2CC[C@@H]1C2)Nc1cccc(Br)c1. The number of hydrogen-bond acceptors (Lipinski definition) is 3. The van der Waals surface area contributed by atoms with Crippen molar-refractivity contribution in [2.24, 2.45) is 17.8 Å². The van der Waals surface area contributed by atoms with Crippen molar-refractivity contribution in [3.63, 3.8) is 0 Å². The summed E-state index contributed by atoms with van der Waals surface area (Å²) >= 11 is 3.34. The third-order valence-electron chi connectivity index (χ3n) is 4.79.